The van der Waals surface area contributed by atoms with Crippen molar-refractivity contribution < 1.29 is 38.7 Å². The lowest BCUT2D eigenvalue weighted by Crippen LogP contribution is -2.55. The molecule has 1 aromatic heterocycles. The zero-order valence-electron chi connectivity index (χ0n) is 17.0. The number of fused-ring (bicyclic) bond motifs is 1. The van der Waals surface area contributed by atoms with E-state index >= 15 is 0 Å². The number of aliphatic hydroxyl groups excluding tert-OH is 4. The predicted molar refractivity (Wildman–Crippen MR) is 112 cm³/mol. The Balaban J connectivity index is 1.83. The minimum atomic E-state index is -1.60. The lowest BCUT2D eigenvalue weighted by molar-refractivity contribution is -0.231. The molecule has 0 aliphatic carbocycles. The van der Waals surface area contributed by atoms with Gasteiger partial charge >= 0.3 is 0 Å². The fourth-order valence-corrected chi connectivity index (χ4v) is 4.26. The van der Waals surface area contributed by atoms with Gasteiger partial charge in [-0.1, -0.05) is 17.7 Å². The summed E-state index contributed by atoms with van der Waals surface area (Å²) in [5.74, 6) is -0.879. The van der Waals surface area contributed by atoms with Gasteiger partial charge in [-0.05, 0) is 18.2 Å². The van der Waals surface area contributed by atoms with Crippen LogP contribution in [-0.2, 0) is 11.3 Å². The van der Waals surface area contributed by atoms with Crippen LogP contribution in [0, 0.1) is 11.6 Å². The molecule has 1 saturated heterocycles. The normalized spacial score (nSPS) is 25.9. The van der Waals surface area contributed by atoms with E-state index in [0.717, 1.165) is 6.07 Å². The Morgan fingerprint density at radius 2 is 1.81 bits per heavy atom. The van der Waals surface area contributed by atoms with Crippen LogP contribution in [0.3, 0.4) is 0 Å². The van der Waals surface area contributed by atoms with Crippen molar-refractivity contribution in [3.8, 4) is 5.75 Å². The van der Waals surface area contributed by atoms with Gasteiger partial charge in [0.1, 0.15) is 47.9 Å². The van der Waals surface area contributed by atoms with Gasteiger partial charge < -0.3 is 34.5 Å². The van der Waals surface area contributed by atoms with Crippen molar-refractivity contribution in [2.75, 3.05) is 13.7 Å². The maximum Gasteiger partial charge on any atom is 0.148 e. The highest BCUT2D eigenvalue weighted by Gasteiger charge is 2.45. The van der Waals surface area contributed by atoms with Gasteiger partial charge in [0.2, 0.25) is 0 Å². The molecule has 0 radical (unpaired) electrons. The Hall–Kier alpha value is -2.27. The Bertz CT molecular complexity index is 1140. The number of halogens is 3. The molecule has 10 heteroatoms. The summed E-state index contributed by atoms with van der Waals surface area (Å²) in [5.41, 5.74) is 0.626. The Labute approximate surface area is 187 Å². The zero-order chi connectivity index (χ0) is 23.2. The van der Waals surface area contributed by atoms with Crippen molar-refractivity contribution in [3.63, 3.8) is 0 Å². The van der Waals surface area contributed by atoms with Gasteiger partial charge in [0, 0.05) is 33.8 Å². The molecule has 1 aliphatic rings. The highest BCUT2D eigenvalue weighted by atomic mass is 35.5. The van der Waals surface area contributed by atoms with E-state index in [0.29, 0.717) is 5.75 Å². The van der Waals surface area contributed by atoms with Crippen LogP contribution in [0.2, 0.25) is 5.02 Å². The molecular weight excluding hydrogens is 448 g/mol. The summed E-state index contributed by atoms with van der Waals surface area (Å²) in [6, 6.07) is 6.89. The third-order valence-electron chi connectivity index (χ3n) is 5.72. The number of nitrogens with zero attached hydrogens (tertiary/aromatic N) is 1. The molecule has 0 amide bonds. The van der Waals surface area contributed by atoms with Crippen LogP contribution >= 0.6 is 11.6 Å². The lowest BCUT2D eigenvalue weighted by Gasteiger charge is -2.40. The Morgan fingerprint density at radius 1 is 1.06 bits per heavy atom. The van der Waals surface area contributed by atoms with Crippen molar-refractivity contribution in [2.24, 2.45) is 0 Å². The molecule has 1 aliphatic heterocycles. The minimum Gasteiger partial charge on any atom is -0.497 e. The molecule has 0 bridgehead atoms. The first-order valence-corrected chi connectivity index (χ1v) is 10.2. The first-order chi connectivity index (χ1) is 15.2. The fraction of sp³-hybridized carbons (Fsp3) is 0.364. The van der Waals surface area contributed by atoms with Gasteiger partial charge in [-0.2, -0.15) is 0 Å². The molecule has 0 saturated carbocycles. The molecule has 1 fully saturated rings. The third-order valence-corrected chi connectivity index (χ3v) is 5.94. The second kappa shape index (κ2) is 8.93. The van der Waals surface area contributed by atoms with Crippen molar-refractivity contribution >= 4 is 22.5 Å². The molecule has 0 unspecified atom stereocenters. The highest BCUT2D eigenvalue weighted by Crippen LogP contribution is 2.39. The number of methoxy groups -OCH3 is 1. The standard InChI is InChI=1S/C22H22ClF2NO6/c1-31-12-3-2-10(15(24)6-12)7-26-8-14(13-4-11(23)5-16(25)18(13)26)22-21(30)20(29)19(28)17(9-27)32-22/h2-6,8,17,19-22,27-30H,7,9H2,1H3/t17-,19-,20+,21-,22+/m1/s1. The van der Waals surface area contributed by atoms with Crippen molar-refractivity contribution in [1.29, 1.82) is 0 Å². The third kappa shape index (κ3) is 3.96. The summed E-state index contributed by atoms with van der Waals surface area (Å²) < 4.78 is 41.6. The Kier molecular flexibility index (Phi) is 6.39. The van der Waals surface area contributed by atoms with Gasteiger partial charge in [0.25, 0.3) is 0 Å². The van der Waals surface area contributed by atoms with Gasteiger partial charge in [-0.15, -0.1) is 0 Å². The molecule has 5 atom stereocenters. The summed E-state index contributed by atoms with van der Waals surface area (Å²) in [5, 5.41) is 40.7. The molecule has 32 heavy (non-hydrogen) atoms. The lowest BCUT2D eigenvalue weighted by atomic mass is 9.91. The summed E-state index contributed by atoms with van der Waals surface area (Å²) in [7, 11) is 1.42. The van der Waals surface area contributed by atoms with E-state index in [9.17, 15) is 29.2 Å². The summed E-state index contributed by atoms with van der Waals surface area (Å²) in [4.78, 5) is 0. The second-order valence-electron chi connectivity index (χ2n) is 7.70. The maximum atomic E-state index is 14.9. The van der Waals surface area contributed by atoms with Gasteiger partial charge in [-0.3, -0.25) is 0 Å². The number of rotatable bonds is 5. The van der Waals surface area contributed by atoms with Crippen LogP contribution in [0.1, 0.15) is 17.2 Å². The van der Waals surface area contributed by atoms with E-state index in [1.165, 1.54) is 36.1 Å². The van der Waals surface area contributed by atoms with Gasteiger partial charge in [0.15, 0.2) is 0 Å². The monoisotopic (exact) mass is 469 g/mol. The van der Waals surface area contributed by atoms with Crippen LogP contribution in [0.4, 0.5) is 8.78 Å². The molecule has 2 heterocycles. The molecule has 7 nitrogen and oxygen atoms in total. The first-order valence-electron chi connectivity index (χ1n) is 9.85. The van der Waals surface area contributed by atoms with E-state index in [1.807, 2.05) is 0 Å². The van der Waals surface area contributed by atoms with E-state index < -0.39 is 48.8 Å². The molecule has 4 N–H and O–H groups in total. The fourth-order valence-electron chi connectivity index (χ4n) is 4.06. The van der Waals surface area contributed by atoms with E-state index in [1.54, 1.807) is 6.07 Å². The molecule has 3 aromatic rings. The largest absolute Gasteiger partial charge is 0.497 e. The SMILES string of the molecule is COc1ccc(Cn2cc([C@@H]3O[C@H](CO)[C@@H](O)[C@H](O)[C@H]3O)c3cc(Cl)cc(F)c32)c(F)c1. The minimum absolute atomic E-state index is 0.0533. The van der Waals surface area contributed by atoms with E-state index in [2.05, 4.69) is 0 Å². The smallest absolute Gasteiger partial charge is 0.148 e. The van der Waals surface area contributed by atoms with E-state index in [4.69, 9.17) is 21.1 Å². The molecular formula is C22H22ClF2NO6. The second-order valence-corrected chi connectivity index (χ2v) is 8.14. The predicted octanol–water partition coefficient (Wildman–Crippen LogP) is 2.14. The van der Waals surface area contributed by atoms with Crippen molar-refractivity contribution in [3.05, 3.63) is 64.3 Å². The average Bonchev–Trinajstić information content (AvgIpc) is 3.11. The maximum absolute atomic E-state index is 14.9. The molecule has 2 aromatic carbocycles. The van der Waals surface area contributed by atoms with Gasteiger partial charge in [-0.25, -0.2) is 8.78 Å². The number of aliphatic hydroxyl groups is 4. The van der Waals surface area contributed by atoms with Crippen LogP contribution in [-0.4, -0.2) is 63.1 Å². The van der Waals surface area contributed by atoms with Gasteiger partial charge in [0.05, 0.1) is 25.8 Å². The van der Waals surface area contributed by atoms with Crippen molar-refractivity contribution in [1.82, 2.24) is 4.57 Å². The summed E-state index contributed by atoms with van der Waals surface area (Å²) in [6.07, 6.45) is -5.57. The topological polar surface area (TPSA) is 104 Å². The van der Waals surface area contributed by atoms with Crippen LogP contribution < -0.4 is 4.74 Å². The zero-order valence-corrected chi connectivity index (χ0v) is 17.7. The summed E-state index contributed by atoms with van der Waals surface area (Å²) >= 11 is 6.05. The number of ether oxygens (including phenoxy) is 2. The molecule has 0 spiro atoms. The first kappa shape index (κ1) is 22.9. The molecule has 4 rings (SSSR count). The number of benzene rings is 2. The quantitative estimate of drug-likeness (QED) is 0.456. The molecule has 172 valence electrons. The number of hydrogen-bond donors (Lipinski definition) is 4. The average molecular weight is 470 g/mol. The number of hydrogen-bond acceptors (Lipinski definition) is 6. The number of aromatic nitrogens is 1. The van der Waals surface area contributed by atoms with Crippen molar-refractivity contribution in [2.45, 2.75) is 37.1 Å². The Morgan fingerprint density at radius 3 is 2.47 bits per heavy atom. The summed E-state index contributed by atoms with van der Waals surface area (Å²) in [6.45, 7) is -0.658. The van der Waals surface area contributed by atoms with E-state index in [-0.39, 0.29) is 33.6 Å². The highest BCUT2D eigenvalue weighted by molar-refractivity contribution is 6.31. The van der Waals surface area contributed by atoms with Crippen LogP contribution in [0.15, 0.2) is 36.5 Å². The van der Waals surface area contributed by atoms with Crippen LogP contribution in [0.25, 0.3) is 10.9 Å². The van der Waals surface area contributed by atoms with Crippen LogP contribution in [0.5, 0.6) is 5.75 Å².